The molecule has 0 radical (unpaired) electrons. The van der Waals surface area contributed by atoms with Crippen molar-refractivity contribution in [1.82, 2.24) is 4.90 Å². The van der Waals surface area contributed by atoms with Gasteiger partial charge in [0, 0.05) is 6.42 Å². The average Bonchev–Trinajstić information content (AvgIpc) is 2.82. The Bertz CT molecular complexity index is 352. The van der Waals surface area contributed by atoms with Gasteiger partial charge in [0.15, 0.2) is 0 Å². The number of hydrogen-bond donors (Lipinski definition) is 0. The third-order valence-corrected chi connectivity index (χ3v) is 4.33. The highest BCUT2D eigenvalue weighted by molar-refractivity contribution is 5.78. The summed E-state index contributed by atoms with van der Waals surface area (Å²) in [5.74, 6) is 0.701. The summed E-state index contributed by atoms with van der Waals surface area (Å²) < 4.78 is 0. The molecule has 2 fully saturated rings. The lowest BCUT2D eigenvalue weighted by Crippen LogP contribution is -2.40. The molecule has 2 aliphatic rings. The van der Waals surface area contributed by atoms with Crippen molar-refractivity contribution in [2.45, 2.75) is 63.5 Å². The fourth-order valence-electron chi connectivity index (χ4n) is 3.30. The molecule has 3 heteroatoms. The lowest BCUT2D eigenvalue weighted by atomic mass is 9.86. The van der Waals surface area contributed by atoms with Gasteiger partial charge in [0.25, 0.3) is 0 Å². The van der Waals surface area contributed by atoms with Gasteiger partial charge in [-0.3, -0.25) is 4.79 Å². The molecule has 1 aliphatic heterocycles. The van der Waals surface area contributed by atoms with Crippen molar-refractivity contribution in [3.63, 3.8) is 0 Å². The molecule has 0 N–H and O–H groups in total. The molecule has 2 rings (SSSR count). The number of hydrogen-bond acceptors (Lipinski definition) is 2. The van der Waals surface area contributed by atoms with E-state index in [1.165, 1.54) is 32.1 Å². The quantitative estimate of drug-likeness (QED) is 0.718. The van der Waals surface area contributed by atoms with Crippen LogP contribution in [0.3, 0.4) is 0 Å². The fourth-order valence-corrected chi connectivity index (χ4v) is 3.30. The molecule has 0 bridgehead atoms. The van der Waals surface area contributed by atoms with E-state index in [9.17, 15) is 4.79 Å². The van der Waals surface area contributed by atoms with Crippen LogP contribution in [0.1, 0.15) is 51.4 Å². The Balaban J connectivity index is 1.97. The summed E-state index contributed by atoms with van der Waals surface area (Å²) in [6.07, 6.45) is 10.3. The number of nitriles is 1. The third-order valence-electron chi connectivity index (χ3n) is 4.33. The number of carbonyl (C=O) groups excluding carboxylic acids is 1. The van der Waals surface area contributed by atoms with Crippen molar-refractivity contribution in [3.8, 4) is 6.07 Å². The van der Waals surface area contributed by atoms with Crippen molar-refractivity contribution in [3.05, 3.63) is 12.7 Å². The average molecular weight is 246 g/mol. The van der Waals surface area contributed by atoms with E-state index in [1.807, 2.05) is 6.08 Å². The molecule has 1 saturated carbocycles. The first kappa shape index (κ1) is 13.1. The second-order valence-corrected chi connectivity index (χ2v) is 5.53. The van der Waals surface area contributed by atoms with Crippen molar-refractivity contribution >= 4 is 5.91 Å². The summed E-state index contributed by atoms with van der Waals surface area (Å²) in [6.45, 7) is 3.79. The normalized spacial score (nSPS) is 28.9. The third kappa shape index (κ3) is 2.75. The summed E-state index contributed by atoms with van der Waals surface area (Å²) in [4.78, 5) is 14.2. The molecule has 0 spiro atoms. The van der Waals surface area contributed by atoms with Crippen LogP contribution in [0.2, 0.25) is 0 Å². The topological polar surface area (TPSA) is 44.1 Å². The molecule has 1 aliphatic carbocycles. The van der Waals surface area contributed by atoms with E-state index >= 15 is 0 Å². The molecular weight excluding hydrogens is 224 g/mol. The number of amides is 1. The highest BCUT2D eigenvalue weighted by Gasteiger charge is 2.35. The maximum atomic E-state index is 12.4. The minimum atomic E-state index is -0.232. The second-order valence-electron chi connectivity index (χ2n) is 5.53. The Labute approximate surface area is 109 Å². The van der Waals surface area contributed by atoms with Gasteiger partial charge in [-0.1, -0.05) is 25.3 Å². The maximum Gasteiger partial charge on any atom is 0.224 e. The lowest BCUT2D eigenvalue weighted by Gasteiger charge is -2.28. The molecule has 0 aromatic heterocycles. The standard InChI is InChI=1S/C15H22N2O/c1-2-13-8-9-14(11-16)17(13)15(18)10-12-6-4-3-5-7-12/h2,12-14H,1,3-10H2/t13-,14-/m0/s1. The molecule has 0 aromatic carbocycles. The summed E-state index contributed by atoms with van der Waals surface area (Å²) in [6, 6.07) is 2.10. The van der Waals surface area contributed by atoms with E-state index in [0.717, 1.165) is 12.8 Å². The monoisotopic (exact) mass is 246 g/mol. The van der Waals surface area contributed by atoms with E-state index in [4.69, 9.17) is 5.26 Å². The van der Waals surface area contributed by atoms with E-state index < -0.39 is 0 Å². The Hall–Kier alpha value is -1.30. The molecule has 0 aromatic rings. The van der Waals surface area contributed by atoms with E-state index in [0.29, 0.717) is 12.3 Å². The van der Waals surface area contributed by atoms with Gasteiger partial charge in [-0.15, -0.1) is 6.58 Å². The summed E-state index contributed by atoms with van der Waals surface area (Å²) in [5, 5.41) is 9.13. The lowest BCUT2D eigenvalue weighted by molar-refractivity contribution is -0.133. The smallest absolute Gasteiger partial charge is 0.224 e. The minimum absolute atomic E-state index is 0.0748. The van der Waals surface area contributed by atoms with Crippen LogP contribution in [0, 0.1) is 17.2 Å². The molecular formula is C15H22N2O. The number of likely N-dealkylation sites (tertiary alicyclic amines) is 1. The Morgan fingerprint density at radius 3 is 2.61 bits per heavy atom. The zero-order chi connectivity index (χ0) is 13.0. The van der Waals surface area contributed by atoms with Crippen LogP contribution in [0.4, 0.5) is 0 Å². The van der Waals surface area contributed by atoms with Gasteiger partial charge in [0.1, 0.15) is 6.04 Å². The SMILES string of the molecule is C=C[C@H]1CC[C@@H](C#N)N1C(=O)CC1CCCCC1. The predicted octanol–water partition coefficient (Wildman–Crippen LogP) is 3.03. The van der Waals surface area contributed by atoms with Crippen molar-refractivity contribution in [1.29, 1.82) is 5.26 Å². The highest BCUT2D eigenvalue weighted by Crippen LogP contribution is 2.30. The Morgan fingerprint density at radius 1 is 1.28 bits per heavy atom. The van der Waals surface area contributed by atoms with E-state index in [-0.39, 0.29) is 18.0 Å². The van der Waals surface area contributed by atoms with Crippen molar-refractivity contribution in [2.24, 2.45) is 5.92 Å². The largest absolute Gasteiger partial charge is 0.320 e. The first-order valence-corrected chi connectivity index (χ1v) is 7.09. The van der Waals surface area contributed by atoms with Crippen molar-refractivity contribution < 1.29 is 4.79 Å². The summed E-state index contributed by atoms with van der Waals surface area (Å²) >= 11 is 0. The van der Waals surface area contributed by atoms with Gasteiger partial charge in [0.2, 0.25) is 5.91 Å². The van der Waals surface area contributed by atoms with Gasteiger partial charge in [-0.25, -0.2) is 0 Å². The molecule has 18 heavy (non-hydrogen) atoms. The van der Waals surface area contributed by atoms with Gasteiger partial charge >= 0.3 is 0 Å². The minimum Gasteiger partial charge on any atom is -0.320 e. The first-order valence-electron chi connectivity index (χ1n) is 7.09. The number of nitrogens with zero attached hydrogens (tertiary/aromatic N) is 2. The molecule has 3 nitrogen and oxygen atoms in total. The van der Waals surface area contributed by atoms with Gasteiger partial charge in [-0.05, 0) is 31.6 Å². The van der Waals surface area contributed by atoms with Crippen LogP contribution in [0.15, 0.2) is 12.7 Å². The molecule has 2 atom stereocenters. The van der Waals surface area contributed by atoms with E-state index in [1.54, 1.807) is 4.90 Å². The number of rotatable bonds is 3. The zero-order valence-electron chi connectivity index (χ0n) is 11.0. The molecule has 1 heterocycles. The van der Waals surface area contributed by atoms with Crippen LogP contribution in [0.25, 0.3) is 0 Å². The van der Waals surface area contributed by atoms with Crippen LogP contribution in [-0.4, -0.2) is 22.9 Å². The van der Waals surface area contributed by atoms with Gasteiger partial charge < -0.3 is 4.90 Å². The van der Waals surface area contributed by atoms with Gasteiger partial charge in [-0.2, -0.15) is 5.26 Å². The molecule has 1 saturated heterocycles. The molecule has 0 unspecified atom stereocenters. The number of carbonyl (C=O) groups is 1. The van der Waals surface area contributed by atoms with E-state index in [2.05, 4.69) is 12.6 Å². The van der Waals surface area contributed by atoms with Crippen molar-refractivity contribution in [2.75, 3.05) is 0 Å². The van der Waals surface area contributed by atoms with Crippen LogP contribution >= 0.6 is 0 Å². The van der Waals surface area contributed by atoms with Gasteiger partial charge in [0.05, 0.1) is 12.1 Å². The summed E-state index contributed by atoms with van der Waals surface area (Å²) in [5.41, 5.74) is 0. The Morgan fingerprint density at radius 2 is 2.00 bits per heavy atom. The fraction of sp³-hybridized carbons (Fsp3) is 0.733. The van der Waals surface area contributed by atoms with Crippen LogP contribution in [0.5, 0.6) is 0 Å². The Kier molecular flexibility index (Phi) is 4.41. The zero-order valence-corrected chi connectivity index (χ0v) is 11.0. The summed E-state index contributed by atoms with van der Waals surface area (Å²) in [7, 11) is 0. The second kappa shape index (κ2) is 6.04. The first-order chi connectivity index (χ1) is 8.76. The van der Waals surface area contributed by atoms with Crippen LogP contribution < -0.4 is 0 Å². The maximum absolute atomic E-state index is 12.4. The predicted molar refractivity (Wildman–Crippen MR) is 70.7 cm³/mol. The molecule has 98 valence electrons. The molecule has 1 amide bonds. The van der Waals surface area contributed by atoms with Crippen LogP contribution in [-0.2, 0) is 4.79 Å². The highest BCUT2D eigenvalue weighted by atomic mass is 16.2.